The molecule has 0 spiro atoms. The number of carbonyl (C=O) groups is 1. The van der Waals surface area contributed by atoms with Gasteiger partial charge in [0, 0.05) is 43.1 Å². The molecule has 1 unspecified atom stereocenters. The quantitative estimate of drug-likeness (QED) is 0.676. The zero-order valence-electron chi connectivity index (χ0n) is 13.7. The maximum Gasteiger partial charge on any atom is 0.270 e. The predicted molar refractivity (Wildman–Crippen MR) is 92.0 cm³/mol. The van der Waals surface area contributed by atoms with Crippen LogP contribution >= 0.6 is 0 Å². The Kier molecular flexibility index (Phi) is 4.48. The van der Waals surface area contributed by atoms with Crippen LogP contribution in [0.4, 0.5) is 11.5 Å². The van der Waals surface area contributed by atoms with Gasteiger partial charge in [0.15, 0.2) is 0 Å². The van der Waals surface area contributed by atoms with Crippen LogP contribution in [0.1, 0.15) is 25.3 Å². The molecular weight excluding hydrogens is 322 g/mol. The first-order valence-electron chi connectivity index (χ1n) is 8.05. The number of aromatic nitrogens is 1. The highest BCUT2D eigenvalue weighted by molar-refractivity contribution is 5.88. The number of nitro benzene ring substituents is 1. The molecule has 0 bridgehead atoms. The number of anilines is 1. The Hall–Kier alpha value is -3.21. The molecule has 1 N–H and O–H groups in total. The van der Waals surface area contributed by atoms with Crippen LogP contribution in [0.3, 0.4) is 0 Å². The minimum Gasteiger partial charge on any atom is -0.365 e. The van der Waals surface area contributed by atoms with Gasteiger partial charge in [0.2, 0.25) is 5.91 Å². The van der Waals surface area contributed by atoms with E-state index in [2.05, 4.69) is 16.4 Å². The van der Waals surface area contributed by atoms with Gasteiger partial charge in [-0.05, 0) is 18.6 Å². The number of nitro groups is 1. The van der Waals surface area contributed by atoms with E-state index in [1.807, 2.05) is 11.8 Å². The number of nitrogens with one attached hydrogen (secondary N) is 1. The molecule has 1 aliphatic rings. The fraction of sp³-hybridized carbons (Fsp3) is 0.353. The van der Waals surface area contributed by atoms with Gasteiger partial charge in [-0.3, -0.25) is 14.9 Å². The Morgan fingerprint density at radius 3 is 3.00 bits per heavy atom. The molecule has 8 nitrogen and oxygen atoms in total. The van der Waals surface area contributed by atoms with E-state index in [0.717, 1.165) is 6.42 Å². The van der Waals surface area contributed by atoms with Crippen molar-refractivity contribution in [2.75, 3.05) is 18.4 Å². The van der Waals surface area contributed by atoms with Gasteiger partial charge >= 0.3 is 0 Å². The van der Waals surface area contributed by atoms with Crippen molar-refractivity contribution in [2.45, 2.75) is 25.8 Å². The first-order valence-corrected chi connectivity index (χ1v) is 8.05. The van der Waals surface area contributed by atoms with E-state index < -0.39 is 4.92 Å². The molecule has 3 rings (SSSR count). The Labute approximate surface area is 144 Å². The third kappa shape index (κ3) is 3.35. The molecule has 1 atom stereocenters. The zero-order chi connectivity index (χ0) is 18.0. The summed E-state index contributed by atoms with van der Waals surface area (Å²) >= 11 is 0. The van der Waals surface area contributed by atoms with Crippen LogP contribution in [0.25, 0.3) is 10.9 Å². The van der Waals surface area contributed by atoms with Gasteiger partial charge in [-0.15, -0.1) is 0 Å². The fourth-order valence-corrected chi connectivity index (χ4v) is 3.03. The number of benzene rings is 1. The Balaban J connectivity index is 1.86. The van der Waals surface area contributed by atoms with Gasteiger partial charge in [-0.25, -0.2) is 4.98 Å². The lowest BCUT2D eigenvalue weighted by molar-refractivity contribution is -0.384. The lowest BCUT2D eigenvalue weighted by Gasteiger charge is -2.17. The van der Waals surface area contributed by atoms with E-state index in [9.17, 15) is 20.2 Å². The van der Waals surface area contributed by atoms with E-state index in [4.69, 9.17) is 0 Å². The maximum atomic E-state index is 11.8. The molecule has 0 saturated carbocycles. The second-order valence-electron chi connectivity index (χ2n) is 5.95. The van der Waals surface area contributed by atoms with Gasteiger partial charge in [-0.1, -0.05) is 6.92 Å². The Bertz CT molecular complexity index is 890. The van der Waals surface area contributed by atoms with E-state index in [1.54, 1.807) is 12.1 Å². The average molecular weight is 339 g/mol. The second-order valence-corrected chi connectivity index (χ2v) is 5.95. The van der Waals surface area contributed by atoms with E-state index in [1.165, 1.54) is 12.1 Å². The van der Waals surface area contributed by atoms with E-state index >= 15 is 0 Å². The molecule has 8 heteroatoms. The molecule has 0 radical (unpaired) electrons. The van der Waals surface area contributed by atoms with Gasteiger partial charge in [0.05, 0.1) is 22.1 Å². The van der Waals surface area contributed by atoms with E-state index in [0.29, 0.717) is 41.8 Å². The second kappa shape index (κ2) is 6.73. The van der Waals surface area contributed by atoms with Crippen molar-refractivity contribution in [3.63, 3.8) is 0 Å². The van der Waals surface area contributed by atoms with Gasteiger partial charge in [0.25, 0.3) is 5.69 Å². The standard InChI is InChI=1S/C17H17N5O3/c1-2-17(23)21-6-5-12(10-21)19-16-7-11(9-18)14-8-13(22(24)25)3-4-15(14)20-16/h3-4,7-8,12H,2,5-6,10H2,1H3,(H,19,20). The molecule has 1 amide bonds. The smallest absolute Gasteiger partial charge is 0.270 e. The summed E-state index contributed by atoms with van der Waals surface area (Å²) in [6.07, 6.45) is 1.30. The van der Waals surface area contributed by atoms with Crippen molar-refractivity contribution in [2.24, 2.45) is 0 Å². The van der Waals surface area contributed by atoms with Crippen LogP contribution in [0.15, 0.2) is 24.3 Å². The largest absolute Gasteiger partial charge is 0.365 e. The highest BCUT2D eigenvalue weighted by Gasteiger charge is 2.25. The minimum absolute atomic E-state index is 0.0731. The van der Waals surface area contributed by atoms with Crippen molar-refractivity contribution in [3.8, 4) is 6.07 Å². The van der Waals surface area contributed by atoms with Crippen molar-refractivity contribution < 1.29 is 9.72 Å². The third-order valence-corrected chi connectivity index (χ3v) is 4.32. The van der Waals surface area contributed by atoms with Crippen LogP contribution in [0, 0.1) is 21.4 Å². The van der Waals surface area contributed by atoms with Crippen LogP contribution in [0.2, 0.25) is 0 Å². The van der Waals surface area contributed by atoms with Crippen molar-refractivity contribution in [3.05, 3.63) is 39.9 Å². The van der Waals surface area contributed by atoms with Crippen LogP contribution in [0.5, 0.6) is 0 Å². The number of hydrogen-bond acceptors (Lipinski definition) is 6. The molecule has 2 heterocycles. The number of rotatable bonds is 4. The first kappa shape index (κ1) is 16.6. The maximum absolute atomic E-state index is 11.8. The Morgan fingerprint density at radius 2 is 2.32 bits per heavy atom. The Morgan fingerprint density at radius 1 is 1.52 bits per heavy atom. The summed E-state index contributed by atoms with van der Waals surface area (Å²) in [5.41, 5.74) is 0.776. The molecule has 2 aromatic rings. The molecular formula is C17H17N5O3. The molecule has 1 saturated heterocycles. The molecule has 128 valence electrons. The van der Waals surface area contributed by atoms with Crippen LogP contribution in [-0.2, 0) is 4.79 Å². The van der Waals surface area contributed by atoms with Crippen molar-refractivity contribution in [1.82, 2.24) is 9.88 Å². The molecule has 1 aliphatic heterocycles. The van der Waals surface area contributed by atoms with Crippen LogP contribution < -0.4 is 5.32 Å². The zero-order valence-corrected chi connectivity index (χ0v) is 13.7. The lowest BCUT2D eigenvalue weighted by Crippen LogP contribution is -2.31. The van der Waals surface area contributed by atoms with Gasteiger partial charge < -0.3 is 10.2 Å². The van der Waals surface area contributed by atoms with Crippen molar-refractivity contribution >= 4 is 28.3 Å². The number of carbonyl (C=O) groups excluding carboxylic acids is 1. The van der Waals surface area contributed by atoms with Crippen LogP contribution in [-0.4, -0.2) is 39.8 Å². The van der Waals surface area contributed by atoms with E-state index in [-0.39, 0.29) is 17.6 Å². The predicted octanol–water partition coefficient (Wildman–Crippen LogP) is 2.44. The summed E-state index contributed by atoms with van der Waals surface area (Å²) in [5.74, 6) is 0.662. The third-order valence-electron chi connectivity index (χ3n) is 4.32. The van der Waals surface area contributed by atoms with Gasteiger partial charge in [-0.2, -0.15) is 5.26 Å². The number of amides is 1. The fourth-order valence-electron chi connectivity index (χ4n) is 3.03. The number of pyridine rings is 1. The summed E-state index contributed by atoms with van der Waals surface area (Å²) in [6, 6.07) is 8.02. The van der Waals surface area contributed by atoms with Gasteiger partial charge in [0.1, 0.15) is 5.82 Å². The molecule has 0 aliphatic carbocycles. The number of likely N-dealkylation sites (tertiary alicyclic amines) is 1. The number of nitriles is 1. The number of non-ortho nitro benzene ring substituents is 1. The highest BCUT2D eigenvalue weighted by Crippen LogP contribution is 2.26. The molecule has 1 aromatic heterocycles. The SMILES string of the molecule is CCC(=O)N1CCC(Nc2cc(C#N)c3cc([N+](=O)[O-])ccc3n2)C1. The van der Waals surface area contributed by atoms with Crippen molar-refractivity contribution in [1.29, 1.82) is 5.26 Å². The number of fused-ring (bicyclic) bond motifs is 1. The molecule has 1 aromatic carbocycles. The number of nitrogens with zero attached hydrogens (tertiary/aromatic N) is 4. The first-order chi connectivity index (χ1) is 12.0. The summed E-state index contributed by atoms with van der Waals surface area (Å²) in [4.78, 5) is 28.4. The highest BCUT2D eigenvalue weighted by atomic mass is 16.6. The topological polar surface area (TPSA) is 112 Å². The average Bonchev–Trinajstić information content (AvgIpc) is 3.08. The summed E-state index contributed by atoms with van der Waals surface area (Å²) in [6.45, 7) is 3.15. The molecule has 1 fully saturated rings. The monoisotopic (exact) mass is 339 g/mol. The summed E-state index contributed by atoms with van der Waals surface area (Å²) in [5, 5.41) is 24.0. The normalized spacial score (nSPS) is 16.6. The lowest BCUT2D eigenvalue weighted by atomic mass is 10.1. The minimum atomic E-state index is -0.495. The summed E-state index contributed by atoms with van der Waals surface area (Å²) in [7, 11) is 0. The summed E-state index contributed by atoms with van der Waals surface area (Å²) < 4.78 is 0. The molecule has 25 heavy (non-hydrogen) atoms. The number of hydrogen-bond donors (Lipinski definition) is 1.